The molecule has 0 radical (unpaired) electrons. The van der Waals surface area contributed by atoms with E-state index in [0.29, 0.717) is 6.54 Å². The Balaban J connectivity index is 1.25. The van der Waals surface area contributed by atoms with Gasteiger partial charge in [0.1, 0.15) is 5.01 Å². The summed E-state index contributed by atoms with van der Waals surface area (Å²) in [6, 6.07) is 16.1. The van der Waals surface area contributed by atoms with Crippen LogP contribution in [0.5, 0.6) is 0 Å². The van der Waals surface area contributed by atoms with E-state index in [0.717, 1.165) is 58.3 Å². The molecule has 0 spiro atoms. The molecule has 0 atom stereocenters. The highest BCUT2D eigenvalue weighted by Crippen LogP contribution is 2.23. The average molecular weight is 404 g/mol. The molecule has 1 saturated heterocycles. The fourth-order valence-corrected chi connectivity index (χ4v) is 4.52. The molecule has 1 aliphatic heterocycles. The second-order valence-corrected chi connectivity index (χ2v) is 8.16. The van der Waals surface area contributed by atoms with E-state index in [-0.39, 0.29) is 5.91 Å². The predicted octanol–water partition coefficient (Wildman–Crippen LogP) is 3.92. The van der Waals surface area contributed by atoms with Gasteiger partial charge in [0.05, 0.1) is 21.3 Å². The summed E-state index contributed by atoms with van der Waals surface area (Å²) < 4.78 is 1.14. The summed E-state index contributed by atoms with van der Waals surface area (Å²) in [5.41, 5.74) is 2.98. The van der Waals surface area contributed by atoms with Crippen molar-refractivity contribution in [2.24, 2.45) is 0 Å². The Hall–Kier alpha value is -3.19. The summed E-state index contributed by atoms with van der Waals surface area (Å²) in [4.78, 5) is 29.5. The highest BCUT2D eigenvalue weighted by molar-refractivity contribution is 7.19. The molecule has 5 rings (SSSR count). The molecule has 146 valence electrons. The van der Waals surface area contributed by atoms with Crippen molar-refractivity contribution < 1.29 is 4.79 Å². The number of nitrogens with one attached hydrogen (secondary N) is 1. The van der Waals surface area contributed by atoms with Crippen molar-refractivity contribution in [3.8, 4) is 0 Å². The van der Waals surface area contributed by atoms with Gasteiger partial charge >= 0.3 is 0 Å². The number of amides is 1. The van der Waals surface area contributed by atoms with Crippen molar-refractivity contribution in [2.45, 2.75) is 6.42 Å². The molecule has 6 nitrogen and oxygen atoms in total. The van der Waals surface area contributed by atoms with Gasteiger partial charge in [0.15, 0.2) is 0 Å². The molecule has 7 heteroatoms. The zero-order chi connectivity index (χ0) is 19.6. The van der Waals surface area contributed by atoms with Crippen LogP contribution in [0.1, 0.15) is 11.4 Å². The fraction of sp³-hybridized carbons (Fsp3) is 0.227. The van der Waals surface area contributed by atoms with Crippen LogP contribution in [-0.2, 0) is 4.79 Å². The van der Waals surface area contributed by atoms with Crippen LogP contribution in [0.3, 0.4) is 0 Å². The van der Waals surface area contributed by atoms with Crippen molar-refractivity contribution in [2.75, 3.05) is 31.1 Å². The molecule has 1 fully saturated rings. The summed E-state index contributed by atoms with van der Waals surface area (Å²) in [5.74, 6) is 0.918. The number of thiazole rings is 1. The van der Waals surface area contributed by atoms with E-state index < -0.39 is 0 Å². The lowest BCUT2D eigenvalue weighted by Crippen LogP contribution is -2.34. The van der Waals surface area contributed by atoms with Gasteiger partial charge in [-0.1, -0.05) is 24.3 Å². The number of fused-ring (bicyclic) bond motifs is 2. The Labute approximate surface area is 172 Å². The van der Waals surface area contributed by atoms with Crippen LogP contribution in [0.15, 0.2) is 54.6 Å². The second kappa shape index (κ2) is 7.67. The Kier molecular flexibility index (Phi) is 4.73. The molecule has 3 heterocycles. The van der Waals surface area contributed by atoms with Gasteiger partial charge in [-0.25, -0.2) is 9.97 Å². The minimum atomic E-state index is 0.0377. The van der Waals surface area contributed by atoms with Gasteiger partial charge in [0.25, 0.3) is 0 Å². The molecule has 1 amide bonds. The Bertz CT molecular complexity index is 1130. The number of imidazole rings is 1. The number of benzene rings is 2. The summed E-state index contributed by atoms with van der Waals surface area (Å²) in [7, 11) is 0. The van der Waals surface area contributed by atoms with E-state index in [2.05, 4.69) is 14.9 Å². The van der Waals surface area contributed by atoms with Gasteiger partial charge in [-0.2, -0.15) is 0 Å². The van der Waals surface area contributed by atoms with Crippen LogP contribution in [0.2, 0.25) is 0 Å². The highest BCUT2D eigenvalue weighted by atomic mass is 32.1. The van der Waals surface area contributed by atoms with E-state index in [1.807, 2.05) is 59.5 Å². The summed E-state index contributed by atoms with van der Waals surface area (Å²) in [6.45, 7) is 3.07. The Morgan fingerprint density at radius 3 is 2.66 bits per heavy atom. The molecule has 2 aromatic heterocycles. The Morgan fingerprint density at radius 1 is 0.966 bits per heavy atom. The van der Waals surface area contributed by atoms with Gasteiger partial charge in [-0.15, -0.1) is 11.3 Å². The molecule has 1 N–H and O–H groups in total. The van der Waals surface area contributed by atoms with E-state index >= 15 is 0 Å². The maximum Gasteiger partial charge on any atom is 0.246 e. The van der Waals surface area contributed by atoms with Crippen molar-refractivity contribution in [3.05, 3.63) is 59.6 Å². The van der Waals surface area contributed by atoms with Crippen LogP contribution in [0.25, 0.3) is 27.3 Å². The van der Waals surface area contributed by atoms with E-state index in [9.17, 15) is 4.79 Å². The van der Waals surface area contributed by atoms with Gasteiger partial charge in [0, 0.05) is 32.3 Å². The number of anilines is 1. The maximum absolute atomic E-state index is 12.7. The Morgan fingerprint density at radius 2 is 1.79 bits per heavy atom. The number of rotatable bonds is 3. The second-order valence-electron chi connectivity index (χ2n) is 7.10. The summed E-state index contributed by atoms with van der Waals surface area (Å²) in [5, 5.41) is 0.860. The van der Waals surface area contributed by atoms with E-state index in [1.54, 1.807) is 17.4 Å². The normalized spacial score (nSPS) is 15.4. The lowest BCUT2D eigenvalue weighted by molar-refractivity contribution is -0.125. The van der Waals surface area contributed by atoms with Crippen molar-refractivity contribution in [1.29, 1.82) is 0 Å². The lowest BCUT2D eigenvalue weighted by atomic mass is 10.3. The van der Waals surface area contributed by atoms with E-state index in [4.69, 9.17) is 4.98 Å². The van der Waals surface area contributed by atoms with Crippen LogP contribution < -0.4 is 4.90 Å². The molecule has 29 heavy (non-hydrogen) atoms. The smallest absolute Gasteiger partial charge is 0.246 e. The molecule has 0 aliphatic carbocycles. The molecule has 0 unspecified atom stereocenters. The SMILES string of the molecule is O=C(/C=C/c1nc2ccccc2s1)N1CCCN(c2nc3ccccc3[nH]2)CC1. The molecular weight excluding hydrogens is 382 g/mol. The molecule has 0 bridgehead atoms. The topological polar surface area (TPSA) is 65.1 Å². The van der Waals surface area contributed by atoms with Crippen LogP contribution in [-0.4, -0.2) is 51.9 Å². The first-order chi connectivity index (χ1) is 14.3. The third kappa shape index (κ3) is 3.73. The number of hydrogen-bond donors (Lipinski definition) is 1. The average Bonchev–Trinajstić information content (AvgIpc) is 3.28. The largest absolute Gasteiger partial charge is 0.341 e. The zero-order valence-corrected chi connectivity index (χ0v) is 16.7. The number of aromatic nitrogens is 3. The van der Waals surface area contributed by atoms with Gasteiger partial charge in [-0.3, -0.25) is 4.79 Å². The number of nitrogens with zero attached hydrogens (tertiary/aromatic N) is 4. The van der Waals surface area contributed by atoms with Crippen LogP contribution >= 0.6 is 11.3 Å². The third-order valence-electron chi connectivity index (χ3n) is 5.16. The molecule has 2 aromatic carbocycles. The van der Waals surface area contributed by atoms with Crippen molar-refractivity contribution in [3.63, 3.8) is 0 Å². The number of hydrogen-bond acceptors (Lipinski definition) is 5. The summed E-state index contributed by atoms with van der Waals surface area (Å²) >= 11 is 1.60. The number of aromatic amines is 1. The molecule has 1 aliphatic rings. The minimum Gasteiger partial charge on any atom is -0.341 e. The molecule has 0 saturated carbocycles. The molecule has 4 aromatic rings. The fourth-order valence-electron chi connectivity index (χ4n) is 3.65. The first-order valence-corrected chi connectivity index (χ1v) is 10.6. The van der Waals surface area contributed by atoms with E-state index in [1.165, 1.54) is 0 Å². The monoisotopic (exact) mass is 403 g/mol. The van der Waals surface area contributed by atoms with Crippen molar-refractivity contribution >= 4 is 50.5 Å². The summed E-state index contributed by atoms with van der Waals surface area (Å²) in [6.07, 6.45) is 4.39. The number of carbonyl (C=O) groups is 1. The third-order valence-corrected chi connectivity index (χ3v) is 6.16. The highest BCUT2D eigenvalue weighted by Gasteiger charge is 2.19. The molecular formula is C22H21N5OS. The predicted molar refractivity (Wildman–Crippen MR) is 118 cm³/mol. The number of para-hydroxylation sites is 3. The number of H-pyrrole nitrogens is 1. The van der Waals surface area contributed by atoms with Crippen LogP contribution in [0.4, 0.5) is 5.95 Å². The van der Waals surface area contributed by atoms with Crippen LogP contribution in [0, 0.1) is 0 Å². The lowest BCUT2D eigenvalue weighted by Gasteiger charge is -2.20. The zero-order valence-electron chi connectivity index (χ0n) is 15.9. The number of carbonyl (C=O) groups excluding carboxylic acids is 1. The first kappa shape index (κ1) is 17.9. The minimum absolute atomic E-state index is 0.0377. The standard InChI is InChI=1S/C22H21N5OS/c28-21(11-10-20-23-18-8-3-4-9-19(18)29-20)26-12-5-13-27(15-14-26)22-24-16-6-1-2-7-17(16)25-22/h1-4,6-11H,5,12-15H2,(H,24,25)/b11-10+. The first-order valence-electron chi connectivity index (χ1n) is 9.78. The van der Waals surface area contributed by atoms with Gasteiger partial charge < -0.3 is 14.8 Å². The van der Waals surface area contributed by atoms with Crippen molar-refractivity contribution in [1.82, 2.24) is 19.9 Å². The van der Waals surface area contributed by atoms with Gasteiger partial charge in [-0.05, 0) is 36.8 Å². The maximum atomic E-state index is 12.7. The van der Waals surface area contributed by atoms with Gasteiger partial charge in [0.2, 0.25) is 11.9 Å². The quantitative estimate of drug-likeness (QED) is 0.527.